The summed E-state index contributed by atoms with van der Waals surface area (Å²) in [7, 11) is 3.62. The lowest BCUT2D eigenvalue weighted by Gasteiger charge is -2.22. The van der Waals surface area contributed by atoms with Crippen molar-refractivity contribution < 1.29 is 13.5 Å². The molecule has 5 nitrogen and oxygen atoms in total. The molecule has 8 heteroatoms. The molecule has 142 valence electrons. The first-order valence-electron chi connectivity index (χ1n) is 7.86. The van der Waals surface area contributed by atoms with Crippen LogP contribution in [-0.2, 0) is 13.1 Å². The number of rotatable bonds is 6. The molecule has 0 bridgehead atoms. The number of nitrogens with zero attached hydrogens (tertiary/aromatic N) is 3. The monoisotopic (exact) mass is 476 g/mol. The lowest BCUT2D eigenvalue weighted by Crippen LogP contribution is -2.38. The van der Waals surface area contributed by atoms with Crippen molar-refractivity contribution in [1.29, 1.82) is 0 Å². The molecule has 0 atom stereocenters. The number of aromatic nitrogens is 1. The van der Waals surface area contributed by atoms with Gasteiger partial charge in [0.15, 0.2) is 5.96 Å². The number of hydrogen-bond donors (Lipinski definition) is 1. The second-order valence-electron chi connectivity index (χ2n) is 5.55. The molecule has 0 unspecified atom stereocenters. The summed E-state index contributed by atoms with van der Waals surface area (Å²) in [6, 6.07) is 12.4. The smallest absolute Gasteiger partial charge is 0.387 e. The number of aliphatic imine (C=N–C) groups is 1. The van der Waals surface area contributed by atoms with Crippen LogP contribution in [0.15, 0.2) is 47.5 Å². The summed E-state index contributed by atoms with van der Waals surface area (Å²) in [5.41, 5.74) is 2.86. The molecule has 0 fully saturated rings. The largest absolute Gasteiger partial charge is 0.435 e. The summed E-state index contributed by atoms with van der Waals surface area (Å²) >= 11 is 0. The minimum Gasteiger partial charge on any atom is -0.435 e. The van der Waals surface area contributed by atoms with Crippen LogP contribution in [0.1, 0.15) is 17.0 Å². The van der Waals surface area contributed by atoms with Crippen LogP contribution in [-0.4, -0.2) is 36.6 Å². The SMILES string of the molecule is CN=C(NCc1cccc(C)n1)N(C)Cc1ccc(OC(F)F)cc1.I. The number of guanidine groups is 1. The van der Waals surface area contributed by atoms with Crippen LogP contribution >= 0.6 is 24.0 Å². The molecule has 0 aliphatic carbocycles. The molecule has 0 radical (unpaired) electrons. The van der Waals surface area contributed by atoms with Gasteiger partial charge in [-0.3, -0.25) is 9.98 Å². The van der Waals surface area contributed by atoms with E-state index in [1.54, 1.807) is 19.2 Å². The van der Waals surface area contributed by atoms with Crippen LogP contribution in [0.3, 0.4) is 0 Å². The average Bonchev–Trinajstić information content (AvgIpc) is 2.57. The fourth-order valence-corrected chi connectivity index (χ4v) is 2.38. The van der Waals surface area contributed by atoms with Gasteiger partial charge in [0.1, 0.15) is 5.75 Å². The number of benzene rings is 1. The Balaban J connectivity index is 0.00000338. The third kappa shape index (κ3) is 7.11. The highest BCUT2D eigenvalue weighted by Crippen LogP contribution is 2.15. The molecule has 0 aliphatic heterocycles. The third-order valence-corrected chi connectivity index (χ3v) is 3.52. The zero-order valence-corrected chi connectivity index (χ0v) is 17.3. The Morgan fingerprint density at radius 1 is 1.23 bits per heavy atom. The van der Waals surface area contributed by atoms with E-state index >= 15 is 0 Å². The summed E-state index contributed by atoms with van der Waals surface area (Å²) in [5, 5.41) is 3.26. The Morgan fingerprint density at radius 2 is 1.92 bits per heavy atom. The molecule has 0 spiro atoms. The number of nitrogens with one attached hydrogen (secondary N) is 1. The maximum absolute atomic E-state index is 12.2. The Morgan fingerprint density at radius 3 is 2.50 bits per heavy atom. The molecule has 1 aromatic heterocycles. The predicted octanol–water partition coefficient (Wildman–Crippen LogP) is 3.82. The Bertz CT molecular complexity index is 711. The van der Waals surface area contributed by atoms with Gasteiger partial charge in [0.25, 0.3) is 0 Å². The van der Waals surface area contributed by atoms with Crippen LogP contribution < -0.4 is 10.1 Å². The fourth-order valence-electron chi connectivity index (χ4n) is 2.38. The lowest BCUT2D eigenvalue weighted by atomic mass is 10.2. The van der Waals surface area contributed by atoms with E-state index in [1.807, 2.05) is 37.1 Å². The van der Waals surface area contributed by atoms with Crippen molar-refractivity contribution in [2.45, 2.75) is 26.6 Å². The summed E-state index contributed by atoms with van der Waals surface area (Å²) in [6.07, 6.45) is 0. The van der Waals surface area contributed by atoms with Crippen molar-refractivity contribution in [3.05, 3.63) is 59.4 Å². The van der Waals surface area contributed by atoms with Gasteiger partial charge in [-0.1, -0.05) is 18.2 Å². The molecule has 2 rings (SSSR count). The van der Waals surface area contributed by atoms with Crippen molar-refractivity contribution in [2.75, 3.05) is 14.1 Å². The molecule has 1 N–H and O–H groups in total. The maximum atomic E-state index is 12.2. The number of hydrogen-bond acceptors (Lipinski definition) is 3. The molecular formula is C18H23F2IN4O. The maximum Gasteiger partial charge on any atom is 0.387 e. The van der Waals surface area contributed by atoms with Crippen LogP contribution in [0.5, 0.6) is 5.75 Å². The standard InChI is InChI=1S/C18H22F2N4O.HI/c1-13-5-4-6-15(23-13)11-22-18(21-2)24(3)12-14-7-9-16(10-8-14)25-17(19)20;/h4-10,17H,11-12H2,1-3H3,(H,21,22);1H. The molecule has 0 amide bonds. The Labute approximate surface area is 169 Å². The lowest BCUT2D eigenvalue weighted by molar-refractivity contribution is -0.0498. The fraction of sp³-hybridized carbons (Fsp3) is 0.333. The van der Waals surface area contributed by atoms with E-state index in [0.29, 0.717) is 13.1 Å². The van der Waals surface area contributed by atoms with Gasteiger partial charge >= 0.3 is 6.61 Å². The minimum absolute atomic E-state index is 0. The predicted molar refractivity (Wildman–Crippen MR) is 109 cm³/mol. The number of aryl methyl sites for hydroxylation is 1. The van der Waals surface area contributed by atoms with Gasteiger partial charge in [-0.25, -0.2) is 0 Å². The number of ether oxygens (including phenoxy) is 1. The summed E-state index contributed by atoms with van der Waals surface area (Å²) in [6.45, 7) is 0.286. The molecule has 26 heavy (non-hydrogen) atoms. The zero-order valence-electron chi connectivity index (χ0n) is 14.9. The summed E-state index contributed by atoms with van der Waals surface area (Å²) in [5.74, 6) is 0.866. The van der Waals surface area contributed by atoms with Gasteiger partial charge < -0.3 is 15.0 Å². The first-order valence-corrected chi connectivity index (χ1v) is 7.86. The molecule has 0 saturated carbocycles. The normalized spacial score (nSPS) is 11.1. The van der Waals surface area contributed by atoms with Crippen LogP contribution in [0.2, 0.25) is 0 Å². The first kappa shape index (κ1) is 22.1. The van der Waals surface area contributed by atoms with E-state index in [4.69, 9.17) is 0 Å². The second-order valence-corrected chi connectivity index (χ2v) is 5.55. The van der Waals surface area contributed by atoms with Crippen LogP contribution in [0, 0.1) is 6.92 Å². The van der Waals surface area contributed by atoms with E-state index in [2.05, 4.69) is 20.0 Å². The van der Waals surface area contributed by atoms with Crippen molar-refractivity contribution in [3.8, 4) is 5.75 Å². The van der Waals surface area contributed by atoms with Crippen LogP contribution in [0.25, 0.3) is 0 Å². The van der Waals surface area contributed by atoms with Crippen molar-refractivity contribution in [3.63, 3.8) is 0 Å². The highest BCUT2D eigenvalue weighted by Gasteiger charge is 2.08. The van der Waals surface area contributed by atoms with Crippen LogP contribution in [0.4, 0.5) is 8.78 Å². The highest BCUT2D eigenvalue weighted by atomic mass is 127. The van der Waals surface area contributed by atoms with Gasteiger partial charge in [-0.2, -0.15) is 8.78 Å². The van der Waals surface area contributed by atoms with E-state index in [9.17, 15) is 8.78 Å². The Hall–Kier alpha value is -1.97. The highest BCUT2D eigenvalue weighted by molar-refractivity contribution is 14.0. The van der Waals surface area contributed by atoms with Gasteiger partial charge in [-0.05, 0) is 36.8 Å². The molecule has 0 aliphatic rings. The van der Waals surface area contributed by atoms with Crippen molar-refractivity contribution >= 4 is 29.9 Å². The Kier molecular flexibility index (Phi) is 9.25. The number of halogens is 3. The van der Waals surface area contributed by atoms with Gasteiger partial charge in [-0.15, -0.1) is 24.0 Å². The van der Waals surface area contributed by atoms with E-state index in [0.717, 1.165) is 22.9 Å². The van der Waals surface area contributed by atoms with E-state index < -0.39 is 6.61 Å². The van der Waals surface area contributed by atoms with Gasteiger partial charge in [0.05, 0.1) is 12.2 Å². The topological polar surface area (TPSA) is 49.8 Å². The zero-order chi connectivity index (χ0) is 18.2. The quantitative estimate of drug-likeness (QED) is 0.392. The van der Waals surface area contributed by atoms with Gasteiger partial charge in [0, 0.05) is 26.3 Å². The molecule has 2 aromatic rings. The first-order chi connectivity index (χ1) is 12.0. The summed E-state index contributed by atoms with van der Waals surface area (Å²) in [4.78, 5) is 10.6. The summed E-state index contributed by atoms with van der Waals surface area (Å²) < 4.78 is 28.7. The van der Waals surface area contributed by atoms with Crippen molar-refractivity contribution in [2.24, 2.45) is 4.99 Å². The molecular weight excluding hydrogens is 453 g/mol. The van der Waals surface area contributed by atoms with E-state index in [-0.39, 0.29) is 29.7 Å². The molecule has 1 aromatic carbocycles. The van der Waals surface area contributed by atoms with E-state index in [1.165, 1.54) is 12.1 Å². The molecule has 1 heterocycles. The number of pyridine rings is 1. The van der Waals surface area contributed by atoms with Crippen molar-refractivity contribution in [1.82, 2.24) is 15.2 Å². The third-order valence-electron chi connectivity index (χ3n) is 3.52. The second kappa shape index (κ2) is 10.9. The average molecular weight is 476 g/mol. The van der Waals surface area contributed by atoms with Gasteiger partial charge in [0.2, 0.25) is 0 Å². The number of alkyl halides is 2. The minimum atomic E-state index is -2.81. The molecule has 0 saturated heterocycles.